The van der Waals surface area contributed by atoms with Crippen molar-refractivity contribution in [3.63, 3.8) is 0 Å². The lowest BCUT2D eigenvalue weighted by atomic mass is 9.74. The van der Waals surface area contributed by atoms with Gasteiger partial charge in [-0.2, -0.15) is 0 Å². The molecule has 15 heavy (non-hydrogen) atoms. The Kier molecular flexibility index (Phi) is 4.01. The molecule has 1 unspecified atom stereocenters. The summed E-state index contributed by atoms with van der Waals surface area (Å²) in [4.78, 5) is 0. The second-order valence-electron chi connectivity index (χ2n) is 4.50. The van der Waals surface area contributed by atoms with Gasteiger partial charge in [-0.15, -0.1) is 12.4 Å². The van der Waals surface area contributed by atoms with Crippen LogP contribution >= 0.6 is 12.4 Å². The van der Waals surface area contributed by atoms with Crippen molar-refractivity contribution in [1.29, 1.82) is 0 Å². The quantitative estimate of drug-likeness (QED) is 0.756. The molecule has 2 rings (SSSR count). The van der Waals surface area contributed by atoms with Crippen molar-refractivity contribution >= 4 is 22.2 Å². The average molecular weight is 258 g/mol. The molecule has 0 aliphatic carbocycles. The first-order valence-electron chi connectivity index (χ1n) is 5.05. The maximum absolute atomic E-state index is 12.7. The maximum Gasteiger partial charge on any atom is 0.150 e. The van der Waals surface area contributed by atoms with Crippen LogP contribution in [0.25, 0.3) is 0 Å². The highest BCUT2D eigenvalue weighted by atomic mass is 35.5. The zero-order chi connectivity index (χ0) is 10.2. The topological polar surface area (TPSA) is 46.2 Å². The fourth-order valence-corrected chi connectivity index (χ4v) is 4.24. The highest BCUT2D eigenvalue weighted by Crippen LogP contribution is 2.42. The van der Waals surface area contributed by atoms with E-state index >= 15 is 0 Å². The first-order chi connectivity index (χ1) is 6.58. The summed E-state index contributed by atoms with van der Waals surface area (Å²) in [5.41, 5.74) is -0.0694. The van der Waals surface area contributed by atoms with Gasteiger partial charge in [0.25, 0.3) is 0 Å². The van der Waals surface area contributed by atoms with Gasteiger partial charge in [0.1, 0.15) is 9.84 Å². The van der Waals surface area contributed by atoms with Crippen LogP contribution in [0.5, 0.6) is 0 Å². The molecule has 2 heterocycles. The Morgan fingerprint density at radius 1 is 1.33 bits per heavy atom. The zero-order valence-electron chi connectivity index (χ0n) is 8.54. The molecule has 0 radical (unpaired) electrons. The summed E-state index contributed by atoms with van der Waals surface area (Å²) < 4.78 is 35.3. The maximum atomic E-state index is 12.7. The molecule has 0 saturated carbocycles. The normalized spacial score (nSPS) is 32.5. The number of nitrogens with one attached hydrogen (secondary N) is 1. The van der Waals surface area contributed by atoms with E-state index in [9.17, 15) is 12.8 Å². The third kappa shape index (κ3) is 2.45. The van der Waals surface area contributed by atoms with E-state index in [2.05, 4.69) is 5.32 Å². The van der Waals surface area contributed by atoms with Crippen LogP contribution in [0.3, 0.4) is 0 Å². The van der Waals surface area contributed by atoms with E-state index in [1.165, 1.54) is 0 Å². The van der Waals surface area contributed by atoms with Gasteiger partial charge in [-0.1, -0.05) is 0 Å². The predicted octanol–water partition coefficient (Wildman–Crippen LogP) is 0.792. The Hall–Kier alpha value is 0.130. The molecule has 0 aromatic rings. The first-order valence-corrected chi connectivity index (χ1v) is 6.87. The highest BCUT2D eigenvalue weighted by molar-refractivity contribution is 7.91. The van der Waals surface area contributed by atoms with Crippen LogP contribution in [0, 0.1) is 11.3 Å². The van der Waals surface area contributed by atoms with Gasteiger partial charge in [0.2, 0.25) is 0 Å². The summed E-state index contributed by atoms with van der Waals surface area (Å²) in [6.07, 6.45) is 1.27. The Morgan fingerprint density at radius 2 is 1.93 bits per heavy atom. The lowest BCUT2D eigenvalue weighted by molar-refractivity contribution is 0.167. The van der Waals surface area contributed by atoms with E-state index in [-0.39, 0.29) is 41.9 Å². The molecule has 1 spiro atoms. The molecule has 2 saturated heterocycles. The monoisotopic (exact) mass is 257 g/mol. The van der Waals surface area contributed by atoms with Crippen molar-refractivity contribution in [3.05, 3.63) is 0 Å². The van der Waals surface area contributed by atoms with E-state index < -0.39 is 9.84 Å². The van der Waals surface area contributed by atoms with Gasteiger partial charge >= 0.3 is 0 Å². The summed E-state index contributed by atoms with van der Waals surface area (Å²) in [6.45, 7) is 1.17. The van der Waals surface area contributed by atoms with Crippen LogP contribution in [0.15, 0.2) is 0 Å². The fraction of sp³-hybridized carbons (Fsp3) is 1.00. The highest BCUT2D eigenvalue weighted by Gasteiger charge is 2.46. The van der Waals surface area contributed by atoms with Gasteiger partial charge in [-0.25, -0.2) is 8.42 Å². The number of hydrogen-bond donors (Lipinski definition) is 1. The lowest BCUT2D eigenvalue weighted by Crippen LogP contribution is -2.40. The summed E-state index contributed by atoms with van der Waals surface area (Å²) >= 11 is 0. The molecule has 0 aromatic carbocycles. The predicted molar refractivity (Wildman–Crippen MR) is 59.9 cm³/mol. The largest absolute Gasteiger partial charge is 0.316 e. The van der Waals surface area contributed by atoms with Crippen LogP contribution in [0.2, 0.25) is 0 Å². The average Bonchev–Trinajstić information content (AvgIpc) is 2.54. The third-order valence-corrected chi connectivity index (χ3v) is 5.39. The van der Waals surface area contributed by atoms with Gasteiger partial charge in [0.15, 0.2) is 0 Å². The van der Waals surface area contributed by atoms with Crippen molar-refractivity contribution in [2.24, 2.45) is 11.3 Å². The molecular formula is C9H17ClFNO2S. The minimum absolute atomic E-state index is 0. The third-order valence-electron chi connectivity index (χ3n) is 3.74. The summed E-state index contributed by atoms with van der Waals surface area (Å²) in [7, 11) is -2.83. The Bertz CT molecular complexity index is 306. The lowest BCUT2D eigenvalue weighted by Gasteiger charge is -2.36. The van der Waals surface area contributed by atoms with Gasteiger partial charge in [-0.05, 0) is 18.3 Å². The van der Waals surface area contributed by atoms with Crippen LogP contribution in [0.1, 0.15) is 12.8 Å². The van der Waals surface area contributed by atoms with E-state index in [1.807, 2.05) is 0 Å². The van der Waals surface area contributed by atoms with Crippen LogP contribution < -0.4 is 5.32 Å². The molecule has 0 aromatic heterocycles. The molecule has 1 N–H and O–H groups in total. The minimum atomic E-state index is -2.83. The Balaban J connectivity index is 0.00000112. The van der Waals surface area contributed by atoms with Crippen molar-refractivity contribution in [2.45, 2.75) is 12.8 Å². The molecule has 2 aliphatic rings. The number of rotatable bonds is 1. The van der Waals surface area contributed by atoms with Crippen LogP contribution in [-0.4, -0.2) is 39.7 Å². The summed E-state index contributed by atoms with van der Waals surface area (Å²) in [5, 5.41) is 3.18. The molecule has 1 atom stereocenters. The van der Waals surface area contributed by atoms with E-state index in [0.717, 1.165) is 6.54 Å². The standard InChI is InChI=1S/C9H16FNO2S.ClH/c10-5-8-6-11-7-9(8)1-3-14(12,13)4-2-9;/h8,11H,1-7H2;1H. The van der Waals surface area contributed by atoms with Crippen molar-refractivity contribution in [3.8, 4) is 0 Å². The molecule has 0 amide bonds. The van der Waals surface area contributed by atoms with E-state index in [0.29, 0.717) is 19.4 Å². The molecule has 2 fully saturated rings. The van der Waals surface area contributed by atoms with Gasteiger partial charge in [-0.3, -0.25) is 4.39 Å². The van der Waals surface area contributed by atoms with Crippen LogP contribution in [0.4, 0.5) is 4.39 Å². The molecule has 6 heteroatoms. The second kappa shape index (κ2) is 4.55. The van der Waals surface area contributed by atoms with Gasteiger partial charge in [0.05, 0.1) is 18.2 Å². The summed E-state index contributed by atoms with van der Waals surface area (Å²) in [6, 6.07) is 0. The van der Waals surface area contributed by atoms with E-state index in [1.54, 1.807) is 0 Å². The Morgan fingerprint density at radius 3 is 2.47 bits per heavy atom. The summed E-state index contributed by atoms with van der Waals surface area (Å²) in [5.74, 6) is 0.508. The van der Waals surface area contributed by atoms with Crippen molar-refractivity contribution in [2.75, 3.05) is 31.3 Å². The SMILES string of the molecule is Cl.O=S1(=O)CCC2(CC1)CNCC2CF. The smallest absolute Gasteiger partial charge is 0.150 e. The number of halogens is 2. The molecule has 0 bridgehead atoms. The first kappa shape index (κ1) is 13.2. The number of hydrogen-bond acceptors (Lipinski definition) is 3. The van der Waals surface area contributed by atoms with E-state index in [4.69, 9.17) is 0 Å². The minimum Gasteiger partial charge on any atom is -0.316 e. The van der Waals surface area contributed by atoms with Crippen LogP contribution in [-0.2, 0) is 9.84 Å². The fourth-order valence-electron chi connectivity index (χ4n) is 2.60. The molecule has 3 nitrogen and oxygen atoms in total. The van der Waals surface area contributed by atoms with Crippen molar-refractivity contribution < 1.29 is 12.8 Å². The van der Waals surface area contributed by atoms with Crippen molar-refractivity contribution in [1.82, 2.24) is 5.32 Å². The molecular weight excluding hydrogens is 241 g/mol. The van der Waals surface area contributed by atoms with Gasteiger partial charge < -0.3 is 5.32 Å². The Labute approximate surface area is 96.1 Å². The molecule has 2 aliphatic heterocycles. The number of sulfone groups is 1. The second-order valence-corrected chi connectivity index (χ2v) is 6.80. The zero-order valence-corrected chi connectivity index (χ0v) is 10.2. The molecule has 90 valence electrons. The van der Waals surface area contributed by atoms with Gasteiger partial charge in [0, 0.05) is 19.0 Å². The number of alkyl halides is 1.